The number of benzene rings is 1. The quantitative estimate of drug-likeness (QED) is 0.684. The van der Waals surface area contributed by atoms with Gasteiger partial charge in [-0.15, -0.1) is 0 Å². The van der Waals surface area contributed by atoms with Crippen LogP contribution in [0.4, 0.5) is 8.78 Å². The van der Waals surface area contributed by atoms with E-state index in [4.69, 9.17) is 10.8 Å². The van der Waals surface area contributed by atoms with Gasteiger partial charge in [-0.05, 0) is 11.6 Å². The minimum atomic E-state index is -2.51. The zero-order valence-electron chi connectivity index (χ0n) is 9.07. The number of aliphatic hydroxyl groups excluding tert-OH is 1. The molecule has 6 heteroatoms. The number of aliphatic hydroxyl groups is 1. The average molecular weight is 244 g/mol. The number of rotatable bonds is 6. The summed E-state index contributed by atoms with van der Waals surface area (Å²) in [4.78, 5) is 10.5. The number of amides is 1. The van der Waals surface area contributed by atoms with Crippen molar-refractivity contribution in [1.29, 1.82) is 0 Å². The van der Waals surface area contributed by atoms with Crippen LogP contribution in [0.3, 0.4) is 0 Å². The molecule has 1 amide bonds. The van der Waals surface area contributed by atoms with E-state index < -0.39 is 18.4 Å². The van der Waals surface area contributed by atoms with Gasteiger partial charge in [-0.3, -0.25) is 4.79 Å². The number of carbonyl (C=O) groups excluding carboxylic acids is 1. The predicted molar refractivity (Wildman–Crippen MR) is 58.3 cm³/mol. The summed E-state index contributed by atoms with van der Waals surface area (Å²) in [7, 11) is 0. The van der Waals surface area contributed by atoms with Gasteiger partial charge in [0.1, 0.15) is 6.10 Å². The van der Waals surface area contributed by atoms with E-state index in [2.05, 4.69) is 5.32 Å². The number of carbonyl (C=O) groups is 1. The van der Waals surface area contributed by atoms with Crippen molar-refractivity contribution in [2.75, 3.05) is 6.54 Å². The van der Waals surface area contributed by atoms with Gasteiger partial charge < -0.3 is 16.2 Å². The maximum absolute atomic E-state index is 12.4. The van der Waals surface area contributed by atoms with Crippen molar-refractivity contribution in [2.45, 2.75) is 19.1 Å². The van der Waals surface area contributed by atoms with Crippen LogP contribution in [-0.4, -0.2) is 23.7 Å². The third-order valence-electron chi connectivity index (χ3n) is 2.20. The van der Waals surface area contributed by atoms with Crippen LogP contribution in [-0.2, 0) is 11.3 Å². The molecule has 0 spiro atoms. The second-order valence-corrected chi connectivity index (χ2v) is 3.59. The lowest BCUT2D eigenvalue weighted by molar-refractivity contribution is -0.125. The molecule has 4 N–H and O–H groups in total. The lowest BCUT2D eigenvalue weighted by Crippen LogP contribution is -2.37. The van der Waals surface area contributed by atoms with Crippen molar-refractivity contribution in [3.63, 3.8) is 0 Å². The summed E-state index contributed by atoms with van der Waals surface area (Å²) >= 11 is 0. The summed E-state index contributed by atoms with van der Waals surface area (Å²) in [6, 6.07) is 5.92. The molecule has 0 aliphatic carbocycles. The van der Waals surface area contributed by atoms with Crippen molar-refractivity contribution < 1.29 is 18.7 Å². The van der Waals surface area contributed by atoms with Gasteiger partial charge in [0.05, 0.1) is 0 Å². The van der Waals surface area contributed by atoms with Crippen LogP contribution in [0.25, 0.3) is 0 Å². The average Bonchev–Trinajstić information content (AvgIpc) is 2.29. The first-order valence-electron chi connectivity index (χ1n) is 5.06. The summed E-state index contributed by atoms with van der Waals surface area (Å²) in [5, 5.41) is 11.8. The van der Waals surface area contributed by atoms with E-state index in [1.165, 1.54) is 18.2 Å². The highest BCUT2D eigenvalue weighted by Gasteiger charge is 2.10. The van der Waals surface area contributed by atoms with E-state index in [0.29, 0.717) is 5.56 Å². The van der Waals surface area contributed by atoms with Crippen LogP contribution in [0.2, 0.25) is 0 Å². The van der Waals surface area contributed by atoms with Gasteiger partial charge in [0.2, 0.25) is 5.91 Å². The largest absolute Gasteiger partial charge is 0.382 e. The zero-order chi connectivity index (χ0) is 12.8. The standard InChI is InChI=1S/C11H14F2N2O2/c12-10(13)8-3-1-2-7(4-8)5-15-6-9(16)11(14)17/h1-4,9-10,15-16H,5-6H2,(H2,14,17). The molecule has 0 saturated heterocycles. The highest BCUT2D eigenvalue weighted by molar-refractivity contribution is 5.78. The molecule has 0 fully saturated rings. The summed E-state index contributed by atoms with van der Waals surface area (Å²) in [6.07, 6.45) is -3.78. The number of primary amides is 1. The molecule has 0 aliphatic heterocycles. The Hall–Kier alpha value is -1.53. The minimum Gasteiger partial charge on any atom is -0.382 e. The molecule has 1 aromatic rings. The van der Waals surface area contributed by atoms with E-state index in [1.54, 1.807) is 6.07 Å². The number of nitrogens with two attached hydrogens (primary N) is 1. The van der Waals surface area contributed by atoms with Gasteiger partial charge >= 0.3 is 0 Å². The molecule has 1 rings (SSSR count). The number of alkyl halides is 2. The number of hydrogen-bond acceptors (Lipinski definition) is 3. The fourth-order valence-electron chi connectivity index (χ4n) is 1.29. The molecular weight excluding hydrogens is 230 g/mol. The van der Waals surface area contributed by atoms with Crippen molar-refractivity contribution >= 4 is 5.91 Å². The Morgan fingerprint density at radius 1 is 1.47 bits per heavy atom. The molecule has 1 unspecified atom stereocenters. The Labute approximate surface area is 97.4 Å². The lowest BCUT2D eigenvalue weighted by atomic mass is 10.1. The van der Waals surface area contributed by atoms with Crippen molar-refractivity contribution in [1.82, 2.24) is 5.32 Å². The molecule has 0 radical (unpaired) electrons. The third kappa shape index (κ3) is 4.46. The van der Waals surface area contributed by atoms with Gasteiger partial charge in [-0.1, -0.05) is 18.2 Å². The minimum absolute atomic E-state index is 0.00571. The van der Waals surface area contributed by atoms with E-state index in [1.807, 2.05) is 0 Å². The molecule has 0 bridgehead atoms. The molecule has 1 aromatic carbocycles. The maximum atomic E-state index is 12.4. The van der Waals surface area contributed by atoms with Gasteiger partial charge in [0, 0.05) is 18.7 Å². The van der Waals surface area contributed by atoms with Crippen LogP contribution < -0.4 is 11.1 Å². The van der Waals surface area contributed by atoms with E-state index >= 15 is 0 Å². The molecule has 0 heterocycles. The van der Waals surface area contributed by atoms with Crippen molar-refractivity contribution in [3.8, 4) is 0 Å². The van der Waals surface area contributed by atoms with Gasteiger partial charge in [-0.25, -0.2) is 8.78 Å². The Bertz CT molecular complexity index is 385. The first-order valence-corrected chi connectivity index (χ1v) is 5.06. The summed E-state index contributed by atoms with van der Waals surface area (Å²) in [5.41, 5.74) is 5.45. The molecule has 4 nitrogen and oxygen atoms in total. The van der Waals surface area contributed by atoms with Gasteiger partial charge in [0.25, 0.3) is 6.43 Å². The smallest absolute Gasteiger partial charge is 0.263 e. The molecular formula is C11H14F2N2O2. The SMILES string of the molecule is NC(=O)C(O)CNCc1cccc(C(F)F)c1. The van der Waals surface area contributed by atoms with Crippen molar-refractivity contribution in [2.24, 2.45) is 5.73 Å². The summed E-state index contributed by atoms with van der Waals surface area (Å²) in [5.74, 6) is -0.821. The van der Waals surface area contributed by atoms with Gasteiger partial charge in [0.15, 0.2) is 0 Å². The summed E-state index contributed by atoms with van der Waals surface area (Å²) < 4.78 is 24.8. The zero-order valence-corrected chi connectivity index (χ0v) is 9.07. The summed E-state index contributed by atoms with van der Waals surface area (Å²) in [6.45, 7) is 0.277. The molecule has 17 heavy (non-hydrogen) atoms. The Balaban J connectivity index is 2.47. The Kier molecular flexibility index (Phi) is 4.99. The van der Waals surface area contributed by atoms with Crippen molar-refractivity contribution in [3.05, 3.63) is 35.4 Å². The molecule has 94 valence electrons. The third-order valence-corrected chi connectivity index (χ3v) is 2.20. The van der Waals surface area contributed by atoms with E-state index in [9.17, 15) is 13.6 Å². The molecule has 0 saturated carbocycles. The van der Waals surface area contributed by atoms with Crippen LogP contribution in [0.15, 0.2) is 24.3 Å². The first-order chi connectivity index (χ1) is 8.00. The topological polar surface area (TPSA) is 75.4 Å². The molecule has 0 aliphatic rings. The number of hydrogen-bond donors (Lipinski definition) is 3. The maximum Gasteiger partial charge on any atom is 0.263 e. The van der Waals surface area contributed by atoms with Crippen LogP contribution >= 0.6 is 0 Å². The van der Waals surface area contributed by atoms with E-state index in [0.717, 1.165) is 0 Å². The van der Waals surface area contributed by atoms with Gasteiger partial charge in [-0.2, -0.15) is 0 Å². The lowest BCUT2D eigenvalue weighted by Gasteiger charge is -2.09. The number of halogens is 2. The Morgan fingerprint density at radius 3 is 2.76 bits per heavy atom. The van der Waals surface area contributed by atoms with Crippen LogP contribution in [0.1, 0.15) is 17.6 Å². The highest BCUT2D eigenvalue weighted by atomic mass is 19.3. The first kappa shape index (κ1) is 13.5. The Morgan fingerprint density at radius 2 is 2.18 bits per heavy atom. The normalized spacial score (nSPS) is 12.7. The predicted octanol–water partition coefficient (Wildman–Crippen LogP) is 0.560. The fraction of sp³-hybridized carbons (Fsp3) is 0.364. The molecule has 0 aromatic heterocycles. The second kappa shape index (κ2) is 6.27. The molecule has 1 atom stereocenters. The van der Waals surface area contributed by atoms with E-state index in [-0.39, 0.29) is 18.7 Å². The van der Waals surface area contributed by atoms with Crippen LogP contribution in [0, 0.1) is 0 Å². The fourth-order valence-corrected chi connectivity index (χ4v) is 1.29. The second-order valence-electron chi connectivity index (χ2n) is 3.59. The van der Waals surface area contributed by atoms with Crippen LogP contribution in [0.5, 0.6) is 0 Å². The monoisotopic (exact) mass is 244 g/mol. The highest BCUT2D eigenvalue weighted by Crippen LogP contribution is 2.19. The number of nitrogens with one attached hydrogen (secondary N) is 1.